The predicted molar refractivity (Wildman–Crippen MR) is 55.9 cm³/mol. The zero-order valence-corrected chi connectivity index (χ0v) is 9.38. The summed E-state index contributed by atoms with van der Waals surface area (Å²) in [5, 5.41) is 10.5. The molecule has 1 rings (SSSR count). The molecule has 0 spiro atoms. The van der Waals surface area contributed by atoms with Crippen molar-refractivity contribution in [2.24, 2.45) is 7.05 Å². The van der Waals surface area contributed by atoms with Crippen molar-refractivity contribution in [3.63, 3.8) is 0 Å². The minimum Gasteiger partial charge on any atom is -0.299 e. The van der Waals surface area contributed by atoms with Crippen molar-refractivity contribution in [1.82, 2.24) is 20.3 Å². The molecule has 1 aromatic heterocycles. The Hall–Kier alpha value is -0.880. The van der Waals surface area contributed by atoms with Gasteiger partial charge in [0.05, 0.1) is 11.2 Å². The third kappa shape index (κ3) is 2.81. The van der Waals surface area contributed by atoms with Gasteiger partial charge in [0.15, 0.2) is 0 Å². The highest BCUT2D eigenvalue weighted by molar-refractivity contribution is 7.96. The van der Waals surface area contributed by atoms with Crippen molar-refractivity contribution >= 4 is 17.7 Å². The van der Waals surface area contributed by atoms with E-state index < -0.39 is 5.54 Å². The van der Waals surface area contributed by atoms with Crippen LogP contribution in [0.15, 0.2) is 6.20 Å². The Labute approximate surface area is 88.3 Å². The molecule has 14 heavy (non-hydrogen) atoms. The Kier molecular flexibility index (Phi) is 3.28. The van der Waals surface area contributed by atoms with Crippen LogP contribution in [-0.2, 0) is 18.4 Å². The van der Waals surface area contributed by atoms with E-state index in [0.29, 0.717) is 6.54 Å². The highest BCUT2D eigenvalue weighted by Crippen LogP contribution is 2.07. The van der Waals surface area contributed by atoms with Crippen LogP contribution in [0.4, 0.5) is 0 Å². The quantitative estimate of drug-likeness (QED) is 0.700. The van der Waals surface area contributed by atoms with Crippen LogP contribution >= 0.6 is 12.6 Å². The Balaban J connectivity index is 2.52. The minimum atomic E-state index is -0.638. The molecule has 0 aliphatic heterocycles. The van der Waals surface area contributed by atoms with Gasteiger partial charge >= 0.3 is 0 Å². The fraction of sp³-hybridized carbons (Fsp3) is 0.625. The normalized spacial score (nSPS) is 11.7. The van der Waals surface area contributed by atoms with Crippen LogP contribution in [0, 0.1) is 0 Å². The number of hydrogen-bond acceptors (Lipinski definition) is 4. The van der Waals surface area contributed by atoms with E-state index >= 15 is 0 Å². The van der Waals surface area contributed by atoms with Crippen molar-refractivity contribution in [3.8, 4) is 0 Å². The molecule has 0 saturated carbocycles. The van der Waals surface area contributed by atoms with Gasteiger partial charge in [-0.25, -0.2) is 0 Å². The van der Waals surface area contributed by atoms with Gasteiger partial charge in [0.2, 0.25) is 5.12 Å². The summed E-state index contributed by atoms with van der Waals surface area (Å²) in [4.78, 5) is 11.1. The number of aryl methyl sites for hydroxylation is 1. The lowest BCUT2D eigenvalue weighted by molar-refractivity contribution is -0.115. The van der Waals surface area contributed by atoms with Gasteiger partial charge in [0.25, 0.3) is 0 Å². The second kappa shape index (κ2) is 4.10. The molecule has 6 heteroatoms. The van der Waals surface area contributed by atoms with E-state index in [4.69, 9.17) is 0 Å². The maximum absolute atomic E-state index is 11.1. The molecule has 0 amide bonds. The lowest BCUT2D eigenvalue weighted by Crippen LogP contribution is -2.44. The Morgan fingerprint density at radius 3 is 2.79 bits per heavy atom. The predicted octanol–water partition coefficient (Wildman–Crippen LogP) is 0.140. The second-order valence-electron chi connectivity index (χ2n) is 3.67. The number of rotatable bonds is 4. The summed E-state index contributed by atoms with van der Waals surface area (Å²) in [5.41, 5.74) is 0.163. The molecule has 1 aromatic rings. The first-order valence-corrected chi connectivity index (χ1v) is 4.70. The first-order chi connectivity index (χ1) is 6.42. The third-order valence-corrected chi connectivity index (χ3v) is 2.46. The maximum atomic E-state index is 11.1. The van der Waals surface area contributed by atoms with E-state index in [1.807, 2.05) is 0 Å². The van der Waals surface area contributed by atoms with Gasteiger partial charge in [0.1, 0.15) is 0 Å². The van der Waals surface area contributed by atoms with Gasteiger partial charge in [-0.3, -0.25) is 14.8 Å². The molecule has 5 nitrogen and oxygen atoms in total. The van der Waals surface area contributed by atoms with Gasteiger partial charge in [-0.15, -0.1) is 17.7 Å². The smallest absolute Gasteiger partial charge is 0.205 e. The number of carbonyl (C=O) groups is 1. The van der Waals surface area contributed by atoms with Crippen LogP contribution in [0.3, 0.4) is 0 Å². The lowest BCUT2D eigenvalue weighted by Gasteiger charge is -2.21. The highest BCUT2D eigenvalue weighted by atomic mass is 32.1. The first kappa shape index (κ1) is 11.2. The summed E-state index contributed by atoms with van der Waals surface area (Å²) in [5.74, 6) is 0. The zero-order chi connectivity index (χ0) is 10.8. The number of nitrogens with zero attached hydrogens (tertiary/aromatic N) is 3. The van der Waals surface area contributed by atoms with Crippen LogP contribution in [-0.4, -0.2) is 25.6 Å². The Morgan fingerprint density at radius 2 is 2.36 bits per heavy atom. The number of nitrogens with one attached hydrogen (secondary N) is 1. The van der Waals surface area contributed by atoms with E-state index in [2.05, 4.69) is 28.3 Å². The summed E-state index contributed by atoms with van der Waals surface area (Å²) < 4.78 is 1.62. The average molecular weight is 214 g/mol. The monoisotopic (exact) mass is 214 g/mol. The first-order valence-electron chi connectivity index (χ1n) is 4.25. The standard InChI is InChI=1S/C8H14N4OS/c1-8(2,7(13)14)9-4-6-5-12(3)11-10-6/h5,9H,4H2,1-3H3,(H,13,14). The van der Waals surface area contributed by atoms with Gasteiger partial charge in [0, 0.05) is 19.8 Å². The van der Waals surface area contributed by atoms with Crippen molar-refractivity contribution in [2.75, 3.05) is 0 Å². The topological polar surface area (TPSA) is 59.8 Å². The molecule has 0 aromatic carbocycles. The molecular weight excluding hydrogens is 200 g/mol. The molecular formula is C8H14N4OS. The molecule has 0 unspecified atom stereocenters. The van der Waals surface area contributed by atoms with Gasteiger partial charge in [-0.2, -0.15) is 0 Å². The van der Waals surface area contributed by atoms with E-state index in [1.165, 1.54) is 0 Å². The van der Waals surface area contributed by atoms with Crippen LogP contribution in [0.25, 0.3) is 0 Å². The van der Waals surface area contributed by atoms with Crippen LogP contribution in [0.1, 0.15) is 19.5 Å². The van der Waals surface area contributed by atoms with Crippen LogP contribution in [0.5, 0.6) is 0 Å². The second-order valence-corrected chi connectivity index (χ2v) is 4.07. The van der Waals surface area contributed by atoms with Gasteiger partial charge in [-0.1, -0.05) is 5.21 Å². The molecule has 1 heterocycles. The van der Waals surface area contributed by atoms with E-state index in [1.54, 1.807) is 31.8 Å². The van der Waals surface area contributed by atoms with E-state index in [0.717, 1.165) is 5.69 Å². The molecule has 0 radical (unpaired) electrons. The number of hydrogen-bond donors (Lipinski definition) is 2. The van der Waals surface area contributed by atoms with Crippen molar-refractivity contribution in [1.29, 1.82) is 0 Å². The summed E-state index contributed by atoms with van der Waals surface area (Å²) >= 11 is 3.79. The molecule has 0 aliphatic carbocycles. The number of aromatic nitrogens is 3. The van der Waals surface area contributed by atoms with Crippen molar-refractivity contribution in [2.45, 2.75) is 25.9 Å². The summed E-state index contributed by atoms with van der Waals surface area (Å²) in [6, 6.07) is 0. The molecule has 0 aliphatic rings. The minimum absolute atomic E-state index is 0.193. The van der Waals surface area contributed by atoms with Gasteiger partial charge in [-0.05, 0) is 13.8 Å². The maximum Gasteiger partial charge on any atom is 0.205 e. The largest absolute Gasteiger partial charge is 0.299 e. The van der Waals surface area contributed by atoms with Crippen molar-refractivity contribution < 1.29 is 4.79 Å². The van der Waals surface area contributed by atoms with Gasteiger partial charge < -0.3 is 0 Å². The SMILES string of the molecule is Cn1cc(CNC(C)(C)C(=O)S)nn1. The van der Waals surface area contributed by atoms with E-state index in [9.17, 15) is 4.79 Å². The summed E-state index contributed by atoms with van der Waals surface area (Å²) in [6.45, 7) is 4.06. The third-order valence-electron chi connectivity index (χ3n) is 1.90. The molecule has 0 saturated heterocycles. The van der Waals surface area contributed by atoms with E-state index in [-0.39, 0.29) is 5.12 Å². The molecule has 0 fully saturated rings. The van der Waals surface area contributed by atoms with Crippen LogP contribution in [0.2, 0.25) is 0 Å². The molecule has 78 valence electrons. The fourth-order valence-corrected chi connectivity index (χ4v) is 0.942. The lowest BCUT2D eigenvalue weighted by atomic mass is 10.1. The molecule has 0 atom stereocenters. The van der Waals surface area contributed by atoms with Crippen molar-refractivity contribution in [3.05, 3.63) is 11.9 Å². The fourth-order valence-electron chi connectivity index (χ4n) is 0.863. The highest BCUT2D eigenvalue weighted by Gasteiger charge is 2.23. The molecule has 0 bridgehead atoms. The molecule has 1 N–H and O–H groups in total. The van der Waals surface area contributed by atoms with Crippen LogP contribution < -0.4 is 5.32 Å². The number of thiol groups is 1. The Bertz CT molecular complexity index is 334. The Morgan fingerprint density at radius 1 is 1.71 bits per heavy atom. The average Bonchev–Trinajstić information content (AvgIpc) is 2.48. The summed E-state index contributed by atoms with van der Waals surface area (Å²) in [7, 11) is 1.80. The zero-order valence-electron chi connectivity index (χ0n) is 8.48. The summed E-state index contributed by atoms with van der Waals surface area (Å²) in [6.07, 6.45) is 1.80. The number of carbonyl (C=O) groups excluding carboxylic acids is 1.